The van der Waals surface area contributed by atoms with Gasteiger partial charge >= 0.3 is 0 Å². The maximum absolute atomic E-state index is 9.39. The van der Waals surface area contributed by atoms with Crippen molar-refractivity contribution in [2.24, 2.45) is 11.8 Å². The van der Waals surface area contributed by atoms with E-state index < -0.39 is 0 Å². The molecule has 2 N–H and O–H groups in total. The van der Waals surface area contributed by atoms with E-state index in [2.05, 4.69) is 11.4 Å². The van der Waals surface area contributed by atoms with Crippen molar-refractivity contribution in [3.8, 4) is 0 Å². The molecule has 1 aliphatic carbocycles. The third kappa shape index (κ3) is 3.39. The molecule has 0 heterocycles. The third-order valence-corrected chi connectivity index (χ3v) is 4.45. The minimum Gasteiger partial charge on any atom is -0.396 e. The molecule has 18 heavy (non-hydrogen) atoms. The molecule has 1 fully saturated rings. The summed E-state index contributed by atoms with van der Waals surface area (Å²) < 4.78 is 0. The Morgan fingerprint density at radius 3 is 2.67 bits per heavy atom. The van der Waals surface area contributed by atoms with Gasteiger partial charge in [0, 0.05) is 23.9 Å². The minimum absolute atomic E-state index is 0.320. The number of hydrogen-bond donors (Lipinski definition) is 2. The van der Waals surface area contributed by atoms with Crippen LogP contribution in [0.15, 0.2) is 18.2 Å². The van der Waals surface area contributed by atoms with Gasteiger partial charge < -0.3 is 10.4 Å². The first-order valence-corrected chi connectivity index (χ1v) is 7.19. The van der Waals surface area contributed by atoms with Gasteiger partial charge in [0.1, 0.15) is 0 Å². The lowest BCUT2D eigenvalue weighted by Gasteiger charge is -2.30. The Labute approximate surface area is 114 Å². The van der Waals surface area contributed by atoms with Crippen molar-refractivity contribution in [1.29, 1.82) is 0 Å². The number of hydrogen-bond acceptors (Lipinski definition) is 2. The molecule has 1 aromatic rings. The van der Waals surface area contributed by atoms with Crippen LogP contribution in [-0.2, 0) is 0 Å². The topological polar surface area (TPSA) is 32.3 Å². The number of nitrogens with one attached hydrogen (secondary N) is 1. The fourth-order valence-corrected chi connectivity index (χ4v) is 2.93. The smallest absolute Gasteiger partial charge is 0.0462 e. The van der Waals surface area contributed by atoms with Gasteiger partial charge in [-0.1, -0.05) is 30.5 Å². The van der Waals surface area contributed by atoms with Gasteiger partial charge in [-0.2, -0.15) is 0 Å². The number of benzene rings is 1. The molecule has 0 radical (unpaired) electrons. The SMILES string of the molecule is Cc1ccc(NCC2CCCCC2CO)cc1Cl. The molecule has 3 heteroatoms. The van der Waals surface area contributed by atoms with E-state index in [1.807, 2.05) is 19.1 Å². The van der Waals surface area contributed by atoms with Crippen LogP contribution < -0.4 is 5.32 Å². The summed E-state index contributed by atoms with van der Waals surface area (Å²) in [7, 11) is 0. The molecule has 100 valence electrons. The van der Waals surface area contributed by atoms with E-state index in [4.69, 9.17) is 11.6 Å². The number of anilines is 1. The Bertz CT molecular complexity index is 394. The molecule has 0 spiro atoms. The van der Waals surface area contributed by atoms with Gasteiger partial charge in [-0.05, 0) is 49.3 Å². The van der Waals surface area contributed by atoms with Crippen LogP contribution in [0.3, 0.4) is 0 Å². The van der Waals surface area contributed by atoms with Crippen LogP contribution in [0.25, 0.3) is 0 Å². The standard InChI is InChI=1S/C15H22ClNO/c1-11-6-7-14(8-15(11)16)17-9-12-4-2-3-5-13(12)10-18/h6-8,12-13,17-18H,2-5,9-10H2,1H3. The number of halogens is 1. The zero-order chi connectivity index (χ0) is 13.0. The first kappa shape index (κ1) is 13.7. The number of aliphatic hydroxyl groups is 1. The van der Waals surface area contributed by atoms with E-state index in [-0.39, 0.29) is 0 Å². The summed E-state index contributed by atoms with van der Waals surface area (Å²) in [6, 6.07) is 6.08. The Morgan fingerprint density at radius 1 is 1.28 bits per heavy atom. The van der Waals surface area contributed by atoms with Gasteiger partial charge in [0.05, 0.1) is 0 Å². The van der Waals surface area contributed by atoms with E-state index in [0.717, 1.165) is 29.2 Å². The van der Waals surface area contributed by atoms with E-state index in [1.165, 1.54) is 19.3 Å². The molecule has 1 aromatic carbocycles. The molecule has 0 aromatic heterocycles. The molecule has 0 saturated heterocycles. The Kier molecular flexibility index (Phi) is 4.90. The van der Waals surface area contributed by atoms with Crippen molar-refractivity contribution < 1.29 is 5.11 Å². The largest absolute Gasteiger partial charge is 0.396 e. The highest BCUT2D eigenvalue weighted by Gasteiger charge is 2.23. The van der Waals surface area contributed by atoms with Crippen LogP contribution in [0.1, 0.15) is 31.2 Å². The van der Waals surface area contributed by atoms with Crippen molar-refractivity contribution in [1.82, 2.24) is 0 Å². The van der Waals surface area contributed by atoms with Crippen molar-refractivity contribution in [2.45, 2.75) is 32.6 Å². The fraction of sp³-hybridized carbons (Fsp3) is 0.600. The average Bonchev–Trinajstić information content (AvgIpc) is 2.40. The van der Waals surface area contributed by atoms with Gasteiger partial charge in [-0.3, -0.25) is 0 Å². The van der Waals surface area contributed by atoms with Gasteiger partial charge in [-0.25, -0.2) is 0 Å². The average molecular weight is 268 g/mol. The second-order valence-electron chi connectivity index (χ2n) is 5.33. The lowest BCUT2D eigenvalue weighted by atomic mass is 9.79. The Morgan fingerprint density at radius 2 is 2.00 bits per heavy atom. The van der Waals surface area contributed by atoms with E-state index in [1.54, 1.807) is 0 Å². The predicted octanol–water partition coefficient (Wildman–Crippen LogP) is 3.86. The summed E-state index contributed by atoms with van der Waals surface area (Å²) in [5, 5.41) is 13.6. The molecule has 2 atom stereocenters. The zero-order valence-electron chi connectivity index (χ0n) is 11.0. The molecular weight excluding hydrogens is 246 g/mol. The fourth-order valence-electron chi connectivity index (χ4n) is 2.75. The van der Waals surface area contributed by atoms with Gasteiger partial charge in [0.15, 0.2) is 0 Å². The van der Waals surface area contributed by atoms with Crippen molar-refractivity contribution in [3.63, 3.8) is 0 Å². The predicted molar refractivity (Wildman–Crippen MR) is 77.2 cm³/mol. The van der Waals surface area contributed by atoms with Gasteiger partial charge in [-0.15, -0.1) is 0 Å². The molecular formula is C15H22ClNO. The van der Waals surface area contributed by atoms with Crippen LogP contribution in [0.5, 0.6) is 0 Å². The monoisotopic (exact) mass is 267 g/mol. The molecule has 0 bridgehead atoms. The first-order chi connectivity index (χ1) is 8.70. The lowest BCUT2D eigenvalue weighted by Crippen LogP contribution is -2.28. The molecule has 0 amide bonds. The zero-order valence-corrected chi connectivity index (χ0v) is 11.7. The Hall–Kier alpha value is -0.730. The van der Waals surface area contributed by atoms with E-state index in [0.29, 0.717) is 18.4 Å². The minimum atomic E-state index is 0.320. The maximum Gasteiger partial charge on any atom is 0.0462 e. The van der Waals surface area contributed by atoms with Crippen molar-refractivity contribution in [3.05, 3.63) is 28.8 Å². The quantitative estimate of drug-likeness (QED) is 0.868. The summed E-state index contributed by atoms with van der Waals surface area (Å²) in [6.45, 7) is 3.26. The number of rotatable bonds is 4. The molecule has 1 saturated carbocycles. The normalized spacial score (nSPS) is 23.9. The van der Waals surface area contributed by atoms with Gasteiger partial charge in [0.2, 0.25) is 0 Å². The highest BCUT2D eigenvalue weighted by molar-refractivity contribution is 6.31. The second-order valence-corrected chi connectivity index (χ2v) is 5.74. The third-order valence-electron chi connectivity index (χ3n) is 4.04. The summed E-state index contributed by atoms with van der Waals surface area (Å²) >= 11 is 6.11. The molecule has 2 unspecified atom stereocenters. The van der Waals surface area contributed by atoms with Crippen LogP contribution in [-0.4, -0.2) is 18.3 Å². The highest BCUT2D eigenvalue weighted by Crippen LogP contribution is 2.30. The maximum atomic E-state index is 9.39. The van der Waals surface area contributed by atoms with Crippen LogP contribution in [0, 0.1) is 18.8 Å². The molecule has 2 nitrogen and oxygen atoms in total. The lowest BCUT2D eigenvalue weighted by molar-refractivity contribution is 0.141. The first-order valence-electron chi connectivity index (χ1n) is 6.81. The number of aliphatic hydroxyl groups excluding tert-OH is 1. The van der Waals surface area contributed by atoms with Gasteiger partial charge in [0.25, 0.3) is 0 Å². The summed E-state index contributed by atoms with van der Waals surface area (Å²) in [5.74, 6) is 1.05. The Balaban J connectivity index is 1.91. The van der Waals surface area contributed by atoms with E-state index in [9.17, 15) is 5.11 Å². The summed E-state index contributed by atoms with van der Waals surface area (Å²) in [6.07, 6.45) is 4.94. The highest BCUT2D eigenvalue weighted by atomic mass is 35.5. The van der Waals surface area contributed by atoms with Crippen LogP contribution in [0.2, 0.25) is 5.02 Å². The summed E-state index contributed by atoms with van der Waals surface area (Å²) in [5.41, 5.74) is 2.18. The number of aryl methyl sites for hydroxylation is 1. The van der Waals surface area contributed by atoms with Crippen LogP contribution in [0.4, 0.5) is 5.69 Å². The molecule has 0 aliphatic heterocycles. The summed E-state index contributed by atoms with van der Waals surface area (Å²) in [4.78, 5) is 0. The van der Waals surface area contributed by atoms with Crippen molar-refractivity contribution >= 4 is 17.3 Å². The molecule has 2 rings (SSSR count). The molecule has 1 aliphatic rings. The van der Waals surface area contributed by atoms with Crippen molar-refractivity contribution in [2.75, 3.05) is 18.5 Å². The second kappa shape index (κ2) is 6.44. The van der Waals surface area contributed by atoms with Crippen LogP contribution >= 0.6 is 11.6 Å². The van der Waals surface area contributed by atoms with E-state index >= 15 is 0 Å².